The van der Waals surface area contributed by atoms with Crippen LogP contribution in [0.1, 0.15) is 5.82 Å². The number of rotatable bonds is 6. The summed E-state index contributed by atoms with van der Waals surface area (Å²) in [5.74, 6) is 2.08. The van der Waals surface area contributed by atoms with E-state index in [1.54, 1.807) is 24.7 Å². The molecule has 0 N–H and O–H groups in total. The third kappa shape index (κ3) is 3.32. The topological polar surface area (TPSA) is 58.3 Å². The predicted octanol–water partition coefficient (Wildman–Crippen LogP) is 2.43. The zero-order valence-electron chi connectivity index (χ0n) is 13.7. The predicted molar refractivity (Wildman–Crippen MR) is 91.1 cm³/mol. The van der Waals surface area contributed by atoms with Crippen molar-refractivity contribution in [1.29, 1.82) is 0 Å². The first-order valence-electron chi connectivity index (χ1n) is 7.68. The van der Waals surface area contributed by atoms with Crippen LogP contribution >= 0.6 is 0 Å². The molecule has 0 bridgehead atoms. The molecular formula is C18H19N3O3. The van der Waals surface area contributed by atoms with Gasteiger partial charge in [0.15, 0.2) is 0 Å². The highest BCUT2D eigenvalue weighted by atomic mass is 16.5. The van der Waals surface area contributed by atoms with Crippen molar-refractivity contribution in [3.05, 3.63) is 70.9 Å². The average molecular weight is 325 g/mol. The third-order valence-corrected chi connectivity index (χ3v) is 3.63. The summed E-state index contributed by atoms with van der Waals surface area (Å²) in [6.07, 6.45) is 0. The fraction of sp³-hybridized carbons (Fsp3) is 0.222. The molecular weight excluding hydrogens is 306 g/mol. The Labute approximate surface area is 139 Å². The minimum Gasteiger partial charge on any atom is -0.497 e. The van der Waals surface area contributed by atoms with E-state index in [1.165, 1.54) is 4.68 Å². The fourth-order valence-corrected chi connectivity index (χ4v) is 2.48. The molecule has 3 aromatic rings. The SMILES string of the molecule is COc1cccc(-n2c(C)nn(CCOc3ccccc3)c2=O)c1. The van der Waals surface area contributed by atoms with E-state index in [0.717, 1.165) is 11.4 Å². The summed E-state index contributed by atoms with van der Waals surface area (Å²) in [5, 5.41) is 4.32. The Bertz CT molecular complexity index is 869. The third-order valence-electron chi connectivity index (χ3n) is 3.63. The highest BCUT2D eigenvalue weighted by molar-refractivity contribution is 5.39. The van der Waals surface area contributed by atoms with Crippen molar-refractivity contribution >= 4 is 0 Å². The first kappa shape index (κ1) is 15.9. The Kier molecular flexibility index (Phi) is 4.65. The molecule has 1 aromatic heterocycles. The second-order valence-corrected chi connectivity index (χ2v) is 5.25. The van der Waals surface area contributed by atoms with E-state index < -0.39 is 0 Å². The number of aromatic nitrogens is 3. The fourth-order valence-electron chi connectivity index (χ4n) is 2.48. The van der Waals surface area contributed by atoms with E-state index in [9.17, 15) is 4.79 Å². The van der Waals surface area contributed by atoms with Crippen molar-refractivity contribution in [2.24, 2.45) is 0 Å². The van der Waals surface area contributed by atoms with Gasteiger partial charge in [0, 0.05) is 6.07 Å². The van der Waals surface area contributed by atoms with Gasteiger partial charge in [-0.1, -0.05) is 24.3 Å². The number of methoxy groups -OCH3 is 1. The summed E-state index contributed by atoms with van der Waals surface area (Å²) in [6, 6.07) is 16.8. The molecule has 0 spiro atoms. The van der Waals surface area contributed by atoms with E-state index in [2.05, 4.69) is 5.10 Å². The van der Waals surface area contributed by atoms with Crippen LogP contribution in [0, 0.1) is 6.92 Å². The number of para-hydroxylation sites is 1. The van der Waals surface area contributed by atoms with Crippen LogP contribution in [0.3, 0.4) is 0 Å². The minimum absolute atomic E-state index is 0.197. The lowest BCUT2D eigenvalue weighted by Crippen LogP contribution is -2.26. The van der Waals surface area contributed by atoms with Gasteiger partial charge in [0.2, 0.25) is 0 Å². The van der Waals surface area contributed by atoms with Crippen LogP contribution in [0.4, 0.5) is 0 Å². The normalized spacial score (nSPS) is 10.6. The number of ether oxygens (including phenoxy) is 2. The van der Waals surface area contributed by atoms with Gasteiger partial charge in [-0.3, -0.25) is 0 Å². The lowest BCUT2D eigenvalue weighted by molar-refractivity contribution is 0.288. The van der Waals surface area contributed by atoms with Crippen molar-refractivity contribution in [2.75, 3.05) is 13.7 Å². The molecule has 0 fully saturated rings. The first-order valence-corrected chi connectivity index (χ1v) is 7.68. The molecule has 1 heterocycles. The van der Waals surface area contributed by atoms with Crippen molar-refractivity contribution in [2.45, 2.75) is 13.5 Å². The lowest BCUT2D eigenvalue weighted by Gasteiger charge is -2.06. The molecule has 24 heavy (non-hydrogen) atoms. The van der Waals surface area contributed by atoms with Crippen LogP contribution in [-0.4, -0.2) is 28.1 Å². The van der Waals surface area contributed by atoms with Crippen molar-refractivity contribution in [1.82, 2.24) is 14.3 Å². The number of benzene rings is 2. The molecule has 0 unspecified atom stereocenters. The summed E-state index contributed by atoms with van der Waals surface area (Å²) in [6.45, 7) is 2.56. The molecule has 0 amide bonds. The van der Waals surface area contributed by atoms with Gasteiger partial charge in [0.1, 0.15) is 23.9 Å². The van der Waals surface area contributed by atoms with Crippen LogP contribution in [0.2, 0.25) is 0 Å². The second-order valence-electron chi connectivity index (χ2n) is 5.25. The molecule has 6 nitrogen and oxygen atoms in total. The molecule has 3 rings (SSSR count). The molecule has 0 atom stereocenters. The molecule has 0 aliphatic rings. The van der Waals surface area contributed by atoms with E-state index >= 15 is 0 Å². The maximum atomic E-state index is 12.6. The van der Waals surface area contributed by atoms with Gasteiger partial charge in [-0.2, -0.15) is 5.10 Å². The Morgan fingerprint density at radius 1 is 1.04 bits per heavy atom. The minimum atomic E-state index is -0.197. The quantitative estimate of drug-likeness (QED) is 0.698. The summed E-state index contributed by atoms with van der Waals surface area (Å²) in [7, 11) is 1.60. The van der Waals surface area contributed by atoms with Gasteiger partial charge in [0.05, 0.1) is 19.3 Å². The highest BCUT2D eigenvalue weighted by Crippen LogP contribution is 2.16. The molecule has 0 aliphatic heterocycles. The van der Waals surface area contributed by atoms with E-state index in [1.807, 2.05) is 48.5 Å². The van der Waals surface area contributed by atoms with Crippen LogP contribution in [0.25, 0.3) is 5.69 Å². The second kappa shape index (κ2) is 7.04. The molecule has 6 heteroatoms. The van der Waals surface area contributed by atoms with E-state index in [4.69, 9.17) is 9.47 Å². The summed E-state index contributed by atoms with van der Waals surface area (Å²) in [4.78, 5) is 12.6. The molecule has 0 aliphatic carbocycles. The summed E-state index contributed by atoms with van der Waals surface area (Å²) >= 11 is 0. The molecule has 0 saturated heterocycles. The molecule has 0 radical (unpaired) electrons. The average Bonchev–Trinajstić information content (AvgIpc) is 2.90. The zero-order chi connectivity index (χ0) is 16.9. The Balaban J connectivity index is 1.78. The van der Waals surface area contributed by atoms with Crippen molar-refractivity contribution in [3.8, 4) is 17.2 Å². The maximum absolute atomic E-state index is 12.6. The van der Waals surface area contributed by atoms with Crippen LogP contribution in [0.5, 0.6) is 11.5 Å². The van der Waals surface area contributed by atoms with Gasteiger partial charge in [0.25, 0.3) is 0 Å². The van der Waals surface area contributed by atoms with E-state index in [-0.39, 0.29) is 5.69 Å². The molecule has 124 valence electrons. The summed E-state index contributed by atoms with van der Waals surface area (Å²) in [5.41, 5.74) is 0.532. The lowest BCUT2D eigenvalue weighted by atomic mass is 10.3. The largest absolute Gasteiger partial charge is 0.497 e. The van der Waals surface area contributed by atoms with Gasteiger partial charge in [-0.15, -0.1) is 0 Å². The Hall–Kier alpha value is -3.02. The maximum Gasteiger partial charge on any atom is 0.350 e. The van der Waals surface area contributed by atoms with Gasteiger partial charge < -0.3 is 9.47 Å². The van der Waals surface area contributed by atoms with Crippen LogP contribution in [0.15, 0.2) is 59.4 Å². The van der Waals surface area contributed by atoms with Crippen molar-refractivity contribution in [3.63, 3.8) is 0 Å². The van der Waals surface area contributed by atoms with Gasteiger partial charge in [-0.25, -0.2) is 14.0 Å². The molecule has 0 saturated carbocycles. The Morgan fingerprint density at radius 3 is 2.54 bits per heavy atom. The smallest absolute Gasteiger partial charge is 0.350 e. The van der Waals surface area contributed by atoms with Gasteiger partial charge >= 0.3 is 5.69 Å². The summed E-state index contributed by atoms with van der Waals surface area (Å²) < 4.78 is 13.8. The number of nitrogens with zero attached hydrogens (tertiary/aromatic N) is 3. The monoisotopic (exact) mass is 325 g/mol. The van der Waals surface area contributed by atoms with E-state index in [0.29, 0.717) is 24.7 Å². The number of aryl methyl sites for hydroxylation is 1. The van der Waals surface area contributed by atoms with Crippen molar-refractivity contribution < 1.29 is 9.47 Å². The standard InChI is InChI=1S/C18H19N3O3/c1-14-19-20(11-12-24-16-8-4-3-5-9-16)18(22)21(14)15-7-6-10-17(13-15)23-2/h3-10,13H,11-12H2,1-2H3. The number of hydrogen-bond donors (Lipinski definition) is 0. The molecule has 2 aromatic carbocycles. The zero-order valence-corrected chi connectivity index (χ0v) is 13.7. The van der Waals surface area contributed by atoms with Gasteiger partial charge in [-0.05, 0) is 31.2 Å². The Morgan fingerprint density at radius 2 is 1.79 bits per heavy atom. The van der Waals surface area contributed by atoms with Crippen LogP contribution in [-0.2, 0) is 6.54 Å². The first-order chi connectivity index (χ1) is 11.7. The number of hydrogen-bond acceptors (Lipinski definition) is 4. The highest BCUT2D eigenvalue weighted by Gasteiger charge is 2.12. The van der Waals surface area contributed by atoms with Crippen LogP contribution < -0.4 is 15.2 Å².